The summed E-state index contributed by atoms with van der Waals surface area (Å²) in [4.78, 5) is 0. The van der Waals surface area contributed by atoms with E-state index >= 15 is 0 Å². The zero-order valence-electron chi connectivity index (χ0n) is 12.0. The molecule has 0 amide bonds. The van der Waals surface area contributed by atoms with Gasteiger partial charge in [0.25, 0.3) is 0 Å². The zero-order valence-corrected chi connectivity index (χ0v) is 13.6. The molecular formula is C17H16BrNO2. The fraction of sp³-hybridized carbons (Fsp3) is 0.235. The Morgan fingerprint density at radius 1 is 1.00 bits per heavy atom. The van der Waals surface area contributed by atoms with Crippen LogP contribution >= 0.6 is 15.9 Å². The van der Waals surface area contributed by atoms with E-state index in [-0.39, 0.29) is 0 Å². The van der Waals surface area contributed by atoms with Crippen molar-refractivity contribution in [3.05, 3.63) is 57.6 Å². The summed E-state index contributed by atoms with van der Waals surface area (Å²) < 4.78 is 12.1. The molecule has 0 aliphatic heterocycles. The summed E-state index contributed by atoms with van der Waals surface area (Å²) in [7, 11) is 0. The summed E-state index contributed by atoms with van der Waals surface area (Å²) in [6, 6.07) is 13.3. The molecule has 21 heavy (non-hydrogen) atoms. The van der Waals surface area contributed by atoms with Crippen LogP contribution in [-0.4, -0.2) is 13.2 Å². The molecule has 0 N–H and O–H groups in total. The fourth-order valence-electron chi connectivity index (χ4n) is 1.80. The lowest BCUT2D eigenvalue weighted by Gasteiger charge is -2.10. The summed E-state index contributed by atoms with van der Waals surface area (Å²) in [5, 5.41) is 8.80. The van der Waals surface area contributed by atoms with Crippen molar-refractivity contribution in [2.24, 2.45) is 0 Å². The maximum Gasteiger partial charge on any atom is 0.133 e. The lowest BCUT2D eigenvalue weighted by atomic mass is 10.1. The van der Waals surface area contributed by atoms with Crippen molar-refractivity contribution in [2.45, 2.75) is 13.8 Å². The quantitative estimate of drug-likeness (QED) is 0.754. The highest BCUT2D eigenvalue weighted by molar-refractivity contribution is 9.10. The highest BCUT2D eigenvalue weighted by Gasteiger charge is 2.03. The van der Waals surface area contributed by atoms with Crippen molar-refractivity contribution in [2.75, 3.05) is 13.2 Å². The average Bonchev–Trinajstić information content (AvgIpc) is 2.48. The van der Waals surface area contributed by atoms with Crippen LogP contribution in [0.15, 0.2) is 40.9 Å². The molecule has 0 atom stereocenters. The number of hydrogen-bond donors (Lipinski definition) is 0. The maximum atomic E-state index is 8.80. The molecule has 0 radical (unpaired) electrons. The Kier molecular flexibility index (Phi) is 5.24. The number of rotatable bonds is 5. The van der Waals surface area contributed by atoms with Gasteiger partial charge in [-0.25, -0.2) is 0 Å². The van der Waals surface area contributed by atoms with Gasteiger partial charge in [0.2, 0.25) is 0 Å². The Hall–Kier alpha value is -1.99. The SMILES string of the molecule is Cc1ccc(OCCOc2ccc(C#N)cc2Br)cc1C. The third-order valence-electron chi connectivity index (χ3n) is 3.15. The van der Waals surface area contributed by atoms with Crippen molar-refractivity contribution >= 4 is 15.9 Å². The van der Waals surface area contributed by atoms with E-state index in [1.807, 2.05) is 18.2 Å². The Labute approximate surface area is 133 Å². The molecule has 0 aliphatic rings. The number of aryl methyl sites for hydroxylation is 2. The van der Waals surface area contributed by atoms with Gasteiger partial charge in [0.05, 0.1) is 16.1 Å². The van der Waals surface area contributed by atoms with Crippen LogP contribution in [0.1, 0.15) is 16.7 Å². The molecule has 0 spiro atoms. The number of nitriles is 1. The Balaban J connectivity index is 1.84. The molecule has 2 aromatic carbocycles. The topological polar surface area (TPSA) is 42.2 Å². The van der Waals surface area contributed by atoms with Crippen LogP contribution in [-0.2, 0) is 0 Å². The highest BCUT2D eigenvalue weighted by Crippen LogP contribution is 2.25. The van der Waals surface area contributed by atoms with Crippen LogP contribution in [0, 0.1) is 25.2 Å². The number of halogens is 1. The maximum absolute atomic E-state index is 8.80. The van der Waals surface area contributed by atoms with Gasteiger partial charge in [0.1, 0.15) is 24.7 Å². The Morgan fingerprint density at radius 2 is 1.76 bits per heavy atom. The molecule has 108 valence electrons. The van der Waals surface area contributed by atoms with E-state index < -0.39 is 0 Å². The third-order valence-corrected chi connectivity index (χ3v) is 3.77. The van der Waals surface area contributed by atoms with Crippen molar-refractivity contribution < 1.29 is 9.47 Å². The Morgan fingerprint density at radius 3 is 2.43 bits per heavy atom. The van der Waals surface area contributed by atoms with E-state index in [9.17, 15) is 0 Å². The lowest BCUT2D eigenvalue weighted by Crippen LogP contribution is -2.09. The number of ether oxygens (including phenoxy) is 2. The van der Waals surface area contributed by atoms with Gasteiger partial charge in [-0.1, -0.05) is 6.07 Å². The predicted molar refractivity (Wildman–Crippen MR) is 85.8 cm³/mol. The van der Waals surface area contributed by atoms with E-state index in [2.05, 4.69) is 35.8 Å². The molecule has 2 aromatic rings. The van der Waals surface area contributed by atoms with Gasteiger partial charge in [0.15, 0.2) is 0 Å². The van der Waals surface area contributed by atoms with Crippen molar-refractivity contribution in [3.8, 4) is 17.6 Å². The molecule has 0 unspecified atom stereocenters. The first-order chi connectivity index (χ1) is 10.1. The molecule has 0 saturated heterocycles. The second kappa shape index (κ2) is 7.14. The number of hydrogen-bond acceptors (Lipinski definition) is 3. The minimum Gasteiger partial charge on any atom is -0.490 e. The first-order valence-corrected chi connectivity index (χ1v) is 7.42. The summed E-state index contributed by atoms with van der Waals surface area (Å²) in [5.74, 6) is 1.55. The molecule has 0 bridgehead atoms. The van der Waals surface area contributed by atoms with Crippen molar-refractivity contribution in [1.82, 2.24) is 0 Å². The molecule has 0 fully saturated rings. The number of nitrogens with zero attached hydrogens (tertiary/aromatic N) is 1. The van der Waals surface area contributed by atoms with Gasteiger partial charge in [0, 0.05) is 0 Å². The van der Waals surface area contributed by atoms with E-state index in [0.717, 1.165) is 10.2 Å². The first-order valence-electron chi connectivity index (χ1n) is 6.62. The summed E-state index contributed by atoms with van der Waals surface area (Å²) >= 11 is 3.39. The van der Waals surface area contributed by atoms with Gasteiger partial charge >= 0.3 is 0 Å². The molecule has 3 nitrogen and oxygen atoms in total. The lowest BCUT2D eigenvalue weighted by molar-refractivity contribution is 0.216. The van der Waals surface area contributed by atoms with E-state index in [0.29, 0.717) is 24.5 Å². The van der Waals surface area contributed by atoms with Crippen LogP contribution in [0.2, 0.25) is 0 Å². The van der Waals surface area contributed by atoms with Gasteiger partial charge in [-0.2, -0.15) is 5.26 Å². The van der Waals surface area contributed by atoms with Crippen molar-refractivity contribution in [3.63, 3.8) is 0 Å². The molecule has 0 aliphatic carbocycles. The standard InChI is InChI=1S/C17H16BrNO2/c1-12-3-5-15(9-13(12)2)20-7-8-21-17-6-4-14(11-19)10-16(17)18/h3-6,9-10H,7-8H2,1-2H3. The molecule has 0 heterocycles. The van der Waals surface area contributed by atoms with E-state index in [4.69, 9.17) is 14.7 Å². The second-order valence-corrected chi connectivity index (χ2v) is 5.55. The number of benzene rings is 2. The second-order valence-electron chi connectivity index (χ2n) is 4.70. The minimum absolute atomic E-state index is 0.442. The summed E-state index contributed by atoms with van der Waals surface area (Å²) in [5.41, 5.74) is 3.06. The first kappa shape index (κ1) is 15.4. The molecule has 4 heteroatoms. The Bertz CT molecular complexity index is 677. The monoisotopic (exact) mass is 345 g/mol. The largest absolute Gasteiger partial charge is 0.490 e. The zero-order chi connectivity index (χ0) is 15.2. The fourth-order valence-corrected chi connectivity index (χ4v) is 2.30. The molecule has 0 aromatic heterocycles. The summed E-state index contributed by atoms with van der Waals surface area (Å²) in [6.45, 7) is 5.05. The van der Waals surface area contributed by atoms with Crippen LogP contribution < -0.4 is 9.47 Å². The molecular weight excluding hydrogens is 330 g/mol. The normalized spacial score (nSPS) is 10.0. The van der Waals surface area contributed by atoms with Crippen LogP contribution in [0.5, 0.6) is 11.5 Å². The molecule has 2 rings (SSSR count). The van der Waals surface area contributed by atoms with Gasteiger partial charge in [-0.15, -0.1) is 0 Å². The predicted octanol–water partition coefficient (Wildman–Crippen LogP) is 4.40. The van der Waals surface area contributed by atoms with Crippen LogP contribution in [0.3, 0.4) is 0 Å². The van der Waals surface area contributed by atoms with Gasteiger partial charge in [-0.05, 0) is 71.2 Å². The van der Waals surface area contributed by atoms with E-state index in [1.165, 1.54) is 11.1 Å². The highest BCUT2D eigenvalue weighted by atomic mass is 79.9. The van der Waals surface area contributed by atoms with Crippen LogP contribution in [0.4, 0.5) is 0 Å². The molecule has 0 saturated carbocycles. The smallest absolute Gasteiger partial charge is 0.133 e. The van der Waals surface area contributed by atoms with Gasteiger partial charge < -0.3 is 9.47 Å². The van der Waals surface area contributed by atoms with Gasteiger partial charge in [-0.3, -0.25) is 0 Å². The average molecular weight is 346 g/mol. The minimum atomic E-state index is 0.442. The summed E-state index contributed by atoms with van der Waals surface area (Å²) in [6.07, 6.45) is 0. The van der Waals surface area contributed by atoms with E-state index in [1.54, 1.807) is 18.2 Å². The van der Waals surface area contributed by atoms with Crippen molar-refractivity contribution in [1.29, 1.82) is 5.26 Å². The third kappa shape index (κ3) is 4.24. The van der Waals surface area contributed by atoms with Crippen LogP contribution in [0.25, 0.3) is 0 Å².